The Morgan fingerprint density at radius 2 is 1.72 bits per heavy atom. The molecule has 0 saturated heterocycles. The van der Waals surface area contributed by atoms with E-state index in [0.717, 1.165) is 12.1 Å². The number of hydrogen-bond acceptors (Lipinski definition) is 7. The van der Waals surface area contributed by atoms with Gasteiger partial charge >= 0.3 is 0 Å². The second-order valence-corrected chi connectivity index (χ2v) is 6.89. The molecule has 156 valence electrons. The number of aliphatic hydroxyl groups is 1. The van der Waals surface area contributed by atoms with Gasteiger partial charge in [0.05, 0.1) is 24.1 Å². The monoisotopic (exact) mass is 425 g/mol. The van der Waals surface area contributed by atoms with Crippen LogP contribution in [0.3, 0.4) is 0 Å². The lowest BCUT2D eigenvalue weighted by Crippen LogP contribution is -2.45. The summed E-state index contributed by atoms with van der Waals surface area (Å²) in [5.41, 5.74) is 4.61. The molecule has 1 unspecified atom stereocenters. The molecule has 0 saturated carbocycles. The van der Waals surface area contributed by atoms with E-state index in [1.807, 2.05) is 0 Å². The molecule has 0 spiro atoms. The van der Waals surface area contributed by atoms with Crippen LogP contribution in [0, 0.1) is 5.82 Å². The van der Waals surface area contributed by atoms with Crippen LogP contribution < -0.4 is 15.2 Å². The minimum Gasteiger partial charge on any atom is -0.497 e. The van der Waals surface area contributed by atoms with Gasteiger partial charge < -0.3 is 25.1 Å². The second kappa shape index (κ2) is 9.50. The fourth-order valence-electron chi connectivity index (χ4n) is 2.35. The number of primary amides is 1. The zero-order chi connectivity index (χ0) is 21.6. The Balaban J connectivity index is 2.28. The number of ether oxygens (including phenoxy) is 3. The van der Waals surface area contributed by atoms with E-state index in [2.05, 4.69) is 0 Å². The van der Waals surface area contributed by atoms with Crippen LogP contribution in [-0.4, -0.2) is 38.0 Å². The van der Waals surface area contributed by atoms with Gasteiger partial charge in [0.25, 0.3) is 11.7 Å². The molecular formula is C19H20FNO7S. The Bertz CT molecular complexity index is 1010. The van der Waals surface area contributed by atoms with Crippen molar-refractivity contribution in [3.8, 4) is 17.2 Å². The van der Waals surface area contributed by atoms with E-state index in [0.29, 0.717) is 11.5 Å². The number of benzene rings is 2. The van der Waals surface area contributed by atoms with Crippen LogP contribution in [-0.2, 0) is 25.6 Å². The molecule has 0 bridgehead atoms. The largest absolute Gasteiger partial charge is 0.497 e. The van der Waals surface area contributed by atoms with E-state index >= 15 is 0 Å². The fourth-order valence-corrected chi connectivity index (χ4v) is 2.74. The summed E-state index contributed by atoms with van der Waals surface area (Å²) in [5.74, 6) is -4.18. The summed E-state index contributed by atoms with van der Waals surface area (Å²) in [7, 11) is -1.07. The molecule has 1 amide bonds. The van der Waals surface area contributed by atoms with E-state index < -0.39 is 40.0 Å². The number of hydrogen-bond donors (Lipinski definition) is 2. The highest BCUT2D eigenvalue weighted by Gasteiger charge is 2.40. The van der Waals surface area contributed by atoms with Gasteiger partial charge in [-0.05, 0) is 42.8 Å². The van der Waals surface area contributed by atoms with Crippen molar-refractivity contribution in [3.63, 3.8) is 0 Å². The number of amides is 1. The summed E-state index contributed by atoms with van der Waals surface area (Å²) in [6, 6.07) is 9.84. The first kappa shape index (κ1) is 22.3. The topological polar surface area (TPSA) is 125 Å². The minimum atomic E-state index is -2.86. The van der Waals surface area contributed by atoms with Crippen LogP contribution in [0.4, 0.5) is 4.39 Å². The van der Waals surface area contributed by atoms with Gasteiger partial charge in [-0.2, -0.15) is 8.42 Å². The summed E-state index contributed by atoms with van der Waals surface area (Å²) in [5, 5.41) is 10.5. The van der Waals surface area contributed by atoms with Gasteiger partial charge in [-0.1, -0.05) is 6.92 Å². The molecule has 10 heteroatoms. The number of carbonyl (C=O) groups excluding carboxylic acids is 1. The Labute approximate surface area is 168 Å². The summed E-state index contributed by atoms with van der Waals surface area (Å²) >= 11 is 0. The maximum Gasteiger partial charge on any atom is 0.282 e. The molecule has 0 aromatic heterocycles. The number of methoxy groups -OCH3 is 1. The van der Waals surface area contributed by atoms with Crippen LogP contribution in [0.25, 0.3) is 0 Å². The van der Waals surface area contributed by atoms with Crippen molar-refractivity contribution in [1.82, 2.24) is 0 Å². The zero-order valence-electron chi connectivity index (χ0n) is 15.7. The first-order valence-electron chi connectivity index (χ1n) is 8.43. The summed E-state index contributed by atoms with van der Waals surface area (Å²) in [6.45, 7) is 0.916. The van der Waals surface area contributed by atoms with E-state index in [1.165, 1.54) is 13.2 Å². The first-order valence-corrected chi connectivity index (χ1v) is 9.50. The lowest BCUT2D eigenvalue weighted by Gasteiger charge is -2.25. The molecule has 2 rings (SSSR count). The molecule has 29 heavy (non-hydrogen) atoms. The third kappa shape index (κ3) is 5.31. The molecule has 0 aliphatic rings. The molecule has 0 aliphatic carbocycles. The van der Waals surface area contributed by atoms with E-state index in [4.69, 9.17) is 19.9 Å². The third-order valence-corrected chi connectivity index (χ3v) is 4.88. The van der Waals surface area contributed by atoms with Gasteiger partial charge in [0, 0.05) is 6.07 Å². The summed E-state index contributed by atoms with van der Waals surface area (Å²) in [4.78, 5) is 11.6. The highest BCUT2D eigenvalue weighted by atomic mass is 32.2. The van der Waals surface area contributed by atoms with Crippen LogP contribution >= 0.6 is 0 Å². The van der Waals surface area contributed by atoms with Crippen molar-refractivity contribution < 1.29 is 36.9 Å². The Kier molecular flexibility index (Phi) is 7.32. The van der Waals surface area contributed by atoms with Crippen molar-refractivity contribution in [3.05, 3.63) is 53.8 Å². The molecule has 8 nitrogen and oxygen atoms in total. The molecule has 0 fully saturated rings. The standard InChI is InChI=1S/C19H20FNO7S/c1-3-15(29(24)25)11-27-19(23,18(21)22)16-9-8-14(10-17(16)20)28-13-6-4-12(26-2)5-7-13/h4-10,23H,3,11H2,1-2H3,(H2,21,22). The minimum absolute atomic E-state index is 0.0854. The SMILES string of the molecule is CCC(COC(O)(C(N)=O)c1ccc(Oc2ccc(OC)cc2)cc1F)=S(=O)=O. The van der Waals surface area contributed by atoms with Gasteiger partial charge in [-0.15, -0.1) is 0 Å². The molecular weight excluding hydrogens is 405 g/mol. The van der Waals surface area contributed by atoms with Crippen molar-refractivity contribution >= 4 is 21.1 Å². The van der Waals surface area contributed by atoms with Crippen molar-refractivity contribution in [2.24, 2.45) is 5.73 Å². The lowest BCUT2D eigenvalue weighted by molar-refractivity contribution is -0.205. The van der Waals surface area contributed by atoms with E-state index in [-0.39, 0.29) is 17.0 Å². The van der Waals surface area contributed by atoms with Crippen molar-refractivity contribution in [2.45, 2.75) is 19.1 Å². The highest BCUT2D eigenvalue weighted by molar-refractivity contribution is 7.73. The van der Waals surface area contributed by atoms with Crippen LogP contribution in [0.15, 0.2) is 42.5 Å². The number of rotatable bonds is 9. The van der Waals surface area contributed by atoms with Crippen molar-refractivity contribution in [2.75, 3.05) is 13.7 Å². The Morgan fingerprint density at radius 1 is 1.14 bits per heavy atom. The average molecular weight is 425 g/mol. The van der Waals surface area contributed by atoms with Gasteiger partial charge in [0.2, 0.25) is 10.3 Å². The predicted molar refractivity (Wildman–Crippen MR) is 103 cm³/mol. The quantitative estimate of drug-likeness (QED) is 0.463. The van der Waals surface area contributed by atoms with Crippen LogP contribution in [0.2, 0.25) is 0 Å². The summed E-state index contributed by atoms with van der Waals surface area (Å²) in [6.07, 6.45) is 0.0854. The second-order valence-electron chi connectivity index (χ2n) is 5.84. The molecule has 0 heterocycles. The molecule has 2 aromatic carbocycles. The summed E-state index contributed by atoms with van der Waals surface area (Å²) < 4.78 is 52.3. The molecule has 3 N–H and O–H groups in total. The van der Waals surface area contributed by atoms with Crippen LogP contribution in [0.1, 0.15) is 18.9 Å². The lowest BCUT2D eigenvalue weighted by atomic mass is 10.0. The smallest absolute Gasteiger partial charge is 0.282 e. The maximum atomic E-state index is 14.6. The van der Waals surface area contributed by atoms with Crippen molar-refractivity contribution in [1.29, 1.82) is 0 Å². The third-order valence-electron chi connectivity index (χ3n) is 4.01. The molecule has 1 atom stereocenters. The van der Waals surface area contributed by atoms with Gasteiger partial charge in [0.1, 0.15) is 23.1 Å². The zero-order valence-corrected chi connectivity index (χ0v) is 16.5. The maximum absolute atomic E-state index is 14.6. The predicted octanol–water partition coefficient (Wildman–Crippen LogP) is 1.74. The molecule has 0 radical (unpaired) electrons. The highest BCUT2D eigenvalue weighted by Crippen LogP contribution is 2.30. The molecule has 0 aliphatic heterocycles. The average Bonchev–Trinajstić information content (AvgIpc) is 2.68. The van der Waals surface area contributed by atoms with E-state index in [1.54, 1.807) is 31.2 Å². The number of nitrogens with two attached hydrogens (primary N) is 1. The van der Waals surface area contributed by atoms with Gasteiger partial charge in [-0.3, -0.25) is 4.79 Å². The van der Waals surface area contributed by atoms with E-state index in [9.17, 15) is 22.7 Å². The fraction of sp³-hybridized carbons (Fsp3) is 0.263. The van der Waals surface area contributed by atoms with Gasteiger partial charge in [-0.25, -0.2) is 4.39 Å². The normalized spacial score (nSPS) is 12.7. The van der Waals surface area contributed by atoms with Crippen LogP contribution in [0.5, 0.6) is 17.2 Å². The Morgan fingerprint density at radius 3 is 2.21 bits per heavy atom. The Hall–Kier alpha value is -2.95. The van der Waals surface area contributed by atoms with Gasteiger partial charge in [0.15, 0.2) is 0 Å². The first-order chi connectivity index (χ1) is 13.7. The number of halogens is 1. The molecule has 2 aromatic rings. The number of carbonyl (C=O) groups is 1.